The molecular formula is C8H8BrNO5S. The zero-order valence-corrected chi connectivity index (χ0v) is 10.5. The number of benzene rings is 1. The number of primary sulfonamides is 1. The molecule has 0 saturated carbocycles. The van der Waals surface area contributed by atoms with Crippen LogP contribution in [0.4, 0.5) is 0 Å². The quantitative estimate of drug-likeness (QED) is 0.859. The molecule has 0 unspecified atom stereocenters. The predicted molar refractivity (Wildman–Crippen MR) is 59.0 cm³/mol. The fraction of sp³-hybridized carbons (Fsp3) is 0.125. The standard InChI is InChI=1S/C8H8BrNO5S/c1-15-6-3-5(9)4(8(11)12)2-7(6)16(10,13)14/h2-3H,1H3,(H,11,12)(H2,10,13,14). The third-order valence-electron chi connectivity index (χ3n) is 1.79. The van der Waals surface area contributed by atoms with Crippen molar-refractivity contribution in [2.45, 2.75) is 4.90 Å². The summed E-state index contributed by atoms with van der Waals surface area (Å²) in [4.78, 5) is 10.4. The van der Waals surface area contributed by atoms with Crippen molar-refractivity contribution < 1.29 is 23.1 Å². The molecule has 0 aliphatic carbocycles. The average Bonchev–Trinajstić information content (AvgIpc) is 2.14. The Morgan fingerprint density at radius 1 is 1.50 bits per heavy atom. The van der Waals surface area contributed by atoms with Crippen LogP contribution < -0.4 is 9.88 Å². The highest BCUT2D eigenvalue weighted by Crippen LogP contribution is 2.30. The van der Waals surface area contributed by atoms with Gasteiger partial charge in [-0.25, -0.2) is 18.4 Å². The third-order valence-corrected chi connectivity index (χ3v) is 3.38. The lowest BCUT2D eigenvalue weighted by Gasteiger charge is -2.09. The first-order valence-electron chi connectivity index (χ1n) is 3.91. The van der Waals surface area contributed by atoms with Crippen molar-refractivity contribution in [3.05, 3.63) is 22.2 Å². The number of carbonyl (C=O) groups is 1. The minimum atomic E-state index is -4.03. The number of sulfonamides is 1. The van der Waals surface area contributed by atoms with Crippen molar-refractivity contribution in [1.29, 1.82) is 0 Å². The number of ether oxygens (including phenoxy) is 1. The molecule has 0 aromatic heterocycles. The molecule has 6 nitrogen and oxygen atoms in total. The summed E-state index contributed by atoms with van der Waals surface area (Å²) in [5.74, 6) is -1.28. The van der Waals surface area contributed by atoms with Crippen LogP contribution in [0.25, 0.3) is 0 Å². The smallest absolute Gasteiger partial charge is 0.336 e. The molecule has 0 atom stereocenters. The molecule has 16 heavy (non-hydrogen) atoms. The molecule has 0 spiro atoms. The minimum absolute atomic E-state index is 0.0145. The number of hydrogen-bond donors (Lipinski definition) is 2. The Morgan fingerprint density at radius 3 is 2.44 bits per heavy atom. The lowest BCUT2D eigenvalue weighted by molar-refractivity contribution is 0.0695. The summed E-state index contributed by atoms with van der Waals surface area (Å²) in [5.41, 5.74) is -0.204. The van der Waals surface area contributed by atoms with Crippen LogP contribution in [-0.4, -0.2) is 26.6 Å². The highest BCUT2D eigenvalue weighted by Gasteiger charge is 2.20. The molecule has 1 aromatic rings. The van der Waals surface area contributed by atoms with E-state index in [1.54, 1.807) is 0 Å². The number of aromatic carboxylic acids is 1. The number of halogens is 1. The Hall–Kier alpha value is -1.12. The molecule has 1 aromatic carbocycles. The van der Waals surface area contributed by atoms with Gasteiger partial charge in [-0.05, 0) is 28.1 Å². The van der Waals surface area contributed by atoms with E-state index in [0.717, 1.165) is 6.07 Å². The van der Waals surface area contributed by atoms with Gasteiger partial charge < -0.3 is 9.84 Å². The Kier molecular flexibility index (Phi) is 3.56. The summed E-state index contributed by atoms with van der Waals surface area (Å²) in [6.07, 6.45) is 0. The minimum Gasteiger partial charge on any atom is -0.495 e. The van der Waals surface area contributed by atoms with Crippen molar-refractivity contribution in [2.24, 2.45) is 5.14 Å². The lowest BCUT2D eigenvalue weighted by Crippen LogP contribution is -2.14. The van der Waals surface area contributed by atoms with Crippen molar-refractivity contribution in [3.63, 3.8) is 0 Å². The van der Waals surface area contributed by atoms with Crippen LogP contribution in [0.3, 0.4) is 0 Å². The Morgan fingerprint density at radius 2 is 2.06 bits per heavy atom. The monoisotopic (exact) mass is 309 g/mol. The molecule has 8 heteroatoms. The van der Waals surface area contributed by atoms with Crippen LogP contribution in [-0.2, 0) is 10.0 Å². The maximum Gasteiger partial charge on any atom is 0.336 e. The lowest BCUT2D eigenvalue weighted by atomic mass is 10.2. The first-order chi connectivity index (χ1) is 7.27. The summed E-state index contributed by atoms with van der Waals surface area (Å²) in [5, 5.41) is 13.7. The summed E-state index contributed by atoms with van der Waals surface area (Å²) < 4.78 is 27.4. The number of methoxy groups -OCH3 is 1. The third kappa shape index (κ3) is 2.52. The van der Waals surface area contributed by atoms with Crippen LogP contribution in [0, 0.1) is 0 Å². The highest BCUT2D eigenvalue weighted by atomic mass is 79.9. The van der Waals surface area contributed by atoms with Crippen LogP contribution >= 0.6 is 15.9 Å². The van der Waals surface area contributed by atoms with E-state index in [4.69, 9.17) is 15.0 Å². The fourth-order valence-electron chi connectivity index (χ4n) is 1.08. The van der Waals surface area contributed by atoms with E-state index in [0.29, 0.717) is 0 Å². The van der Waals surface area contributed by atoms with Gasteiger partial charge in [0.2, 0.25) is 10.0 Å². The second-order valence-corrected chi connectivity index (χ2v) is 5.22. The molecule has 1 rings (SSSR count). The largest absolute Gasteiger partial charge is 0.495 e. The van der Waals surface area contributed by atoms with Gasteiger partial charge in [-0.3, -0.25) is 0 Å². The van der Waals surface area contributed by atoms with E-state index < -0.39 is 16.0 Å². The Balaban J connectivity index is 3.60. The zero-order chi connectivity index (χ0) is 12.5. The first kappa shape index (κ1) is 12.9. The first-order valence-corrected chi connectivity index (χ1v) is 6.25. The molecule has 0 fully saturated rings. The zero-order valence-electron chi connectivity index (χ0n) is 8.10. The maximum absolute atomic E-state index is 11.2. The summed E-state index contributed by atoms with van der Waals surface area (Å²) in [6, 6.07) is 2.18. The van der Waals surface area contributed by atoms with Crippen LogP contribution in [0.1, 0.15) is 10.4 Å². The second kappa shape index (κ2) is 4.40. The van der Waals surface area contributed by atoms with Crippen LogP contribution in [0.5, 0.6) is 5.75 Å². The fourth-order valence-corrected chi connectivity index (χ4v) is 2.28. The molecule has 88 valence electrons. The van der Waals surface area contributed by atoms with Gasteiger partial charge in [0.1, 0.15) is 10.6 Å². The number of carboxylic acids is 1. The number of rotatable bonds is 3. The molecule has 0 radical (unpaired) electrons. The van der Waals surface area contributed by atoms with E-state index in [1.165, 1.54) is 13.2 Å². The van der Waals surface area contributed by atoms with Gasteiger partial charge in [-0.2, -0.15) is 0 Å². The molecule has 0 amide bonds. The molecule has 0 bridgehead atoms. The SMILES string of the molecule is COc1cc(Br)c(C(=O)O)cc1S(N)(=O)=O. The number of hydrogen-bond acceptors (Lipinski definition) is 4. The molecule has 3 N–H and O–H groups in total. The van der Waals surface area contributed by atoms with Gasteiger partial charge in [0.15, 0.2) is 0 Å². The van der Waals surface area contributed by atoms with E-state index in [1.807, 2.05) is 0 Å². The van der Waals surface area contributed by atoms with Gasteiger partial charge in [0, 0.05) is 4.47 Å². The van der Waals surface area contributed by atoms with Crippen molar-refractivity contribution in [2.75, 3.05) is 7.11 Å². The summed E-state index contributed by atoms with van der Waals surface area (Å²) >= 11 is 2.99. The van der Waals surface area contributed by atoms with Crippen LogP contribution in [0.15, 0.2) is 21.5 Å². The van der Waals surface area contributed by atoms with E-state index >= 15 is 0 Å². The van der Waals surface area contributed by atoms with Crippen molar-refractivity contribution in [1.82, 2.24) is 0 Å². The normalized spacial score (nSPS) is 11.2. The van der Waals surface area contributed by atoms with Gasteiger partial charge >= 0.3 is 5.97 Å². The van der Waals surface area contributed by atoms with Crippen molar-refractivity contribution in [3.8, 4) is 5.75 Å². The molecule has 0 saturated heterocycles. The number of nitrogens with two attached hydrogens (primary N) is 1. The number of carboxylic acid groups (broad SMARTS) is 1. The maximum atomic E-state index is 11.2. The summed E-state index contributed by atoms with van der Waals surface area (Å²) in [7, 11) is -2.77. The molecule has 0 heterocycles. The molecular weight excluding hydrogens is 302 g/mol. The van der Waals surface area contributed by atoms with Gasteiger partial charge in [-0.15, -0.1) is 0 Å². The second-order valence-electron chi connectivity index (χ2n) is 2.83. The molecule has 0 aliphatic heterocycles. The average molecular weight is 310 g/mol. The Labute approximate surface area is 100 Å². The van der Waals surface area contributed by atoms with Crippen molar-refractivity contribution >= 4 is 31.9 Å². The van der Waals surface area contributed by atoms with Crippen LogP contribution in [0.2, 0.25) is 0 Å². The van der Waals surface area contributed by atoms with E-state index in [9.17, 15) is 13.2 Å². The summed E-state index contributed by atoms with van der Waals surface area (Å²) in [6.45, 7) is 0. The van der Waals surface area contributed by atoms with E-state index in [2.05, 4.69) is 15.9 Å². The van der Waals surface area contributed by atoms with Gasteiger partial charge in [-0.1, -0.05) is 0 Å². The highest BCUT2D eigenvalue weighted by molar-refractivity contribution is 9.10. The van der Waals surface area contributed by atoms with Gasteiger partial charge in [0.25, 0.3) is 0 Å². The van der Waals surface area contributed by atoms with E-state index in [-0.39, 0.29) is 20.7 Å². The predicted octanol–water partition coefficient (Wildman–Crippen LogP) is 0.803. The molecule has 0 aliphatic rings. The Bertz CT molecular complexity index is 540. The van der Waals surface area contributed by atoms with Gasteiger partial charge in [0.05, 0.1) is 12.7 Å². The topological polar surface area (TPSA) is 107 Å².